The number of methoxy groups -OCH3 is 1. The highest BCUT2D eigenvalue weighted by molar-refractivity contribution is 5.94. The molecule has 0 saturated heterocycles. The van der Waals surface area contributed by atoms with Gasteiger partial charge in [-0.1, -0.05) is 26.0 Å². The summed E-state index contributed by atoms with van der Waals surface area (Å²) in [5.41, 5.74) is 9.83. The van der Waals surface area contributed by atoms with Gasteiger partial charge in [-0.25, -0.2) is 0 Å². The van der Waals surface area contributed by atoms with Gasteiger partial charge in [0, 0.05) is 42.7 Å². The Morgan fingerprint density at radius 2 is 2.00 bits per heavy atom. The summed E-state index contributed by atoms with van der Waals surface area (Å²) in [4.78, 5) is 0. The number of hydrogen-bond acceptors (Lipinski definition) is 2. The van der Waals surface area contributed by atoms with Crippen LogP contribution in [0.15, 0.2) is 30.3 Å². The molecule has 26 heavy (non-hydrogen) atoms. The number of ether oxygens (including phenoxy) is 1. The molecule has 1 N–H and O–H groups in total. The van der Waals surface area contributed by atoms with Crippen LogP contribution in [0.1, 0.15) is 42.1 Å². The van der Waals surface area contributed by atoms with Crippen LogP contribution in [-0.2, 0) is 25.9 Å². The van der Waals surface area contributed by atoms with Gasteiger partial charge in [0.25, 0.3) is 0 Å². The highest BCUT2D eigenvalue weighted by atomic mass is 16.5. The summed E-state index contributed by atoms with van der Waals surface area (Å²) in [5, 5.41) is 4.99. The van der Waals surface area contributed by atoms with Crippen LogP contribution < -0.4 is 10.1 Å². The van der Waals surface area contributed by atoms with E-state index in [-0.39, 0.29) is 0 Å². The molecule has 3 nitrogen and oxygen atoms in total. The average molecular weight is 346 g/mol. The molecule has 0 unspecified atom stereocenters. The number of rotatable bonds is 3. The van der Waals surface area contributed by atoms with Crippen molar-refractivity contribution in [3.05, 3.63) is 52.7 Å². The van der Waals surface area contributed by atoms with Gasteiger partial charge >= 0.3 is 0 Å². The first kappa shape index (κ1) is 16.0. The Bertz CT molecular complexity index is 1010. The van der Waals surface area contributed by atoms with E-state index in [9.17, 15) is 0 Å². The molecule has 0 fully saturated rings. The minimum absolute atomic E-state index is 0.505. The van der Waals surface area contributed by atoms with Crippen LogP contribution in [0.2, 0.25) is 0 Å². The molecule has 0 bridgehead atoms. The fourth-order valence-electron chi connectivity index (χ4n) is 4.73. The number of nitrogens with zero attached hydrogens (tertiary/aromatic N) is 1. The maximum atomic E-state index is 5.77. The Labute approximate surface area is 155 Å². The van der Waals surface area contributed by atoms with E-state index >= 15 is 0 Å². The number of aryl methyl sites for hydroxylation is 2. The maximum Gasteiger partial charge on any atom is 0.126 e. The van der Waals surface area contributed by atoms with Crippen LogP contribution >= 0.6 is 0 Å². The lowest BCUT2D eigenvalue weighted by Crippen LogP contribution is -2.24. The van der Waals surface area contributed by atoms with E-state index in [0.29, 0.717) is 5.92 Å². The standard InChI is InChI=1S/C23H26N2O/c1-14(2)15-4-5-18(22(12-15)26-3)17-10-16-7-9-25-21-6-8-24-13-20(21)19(11-17)23(16)25/h4-5,10-12,14,24H,6-9,13H2,1-3H3. The van der Waals surface area contributed by atoms with Crippen molar-refractivity contribution in [2.75, 3.05) is 13.7 Å². The van der Waals surface area contributed by atoms with Crippen molar-refractivity contribution < 1.29 is 4.74 Å². The second kappa shape index (κ2) is 5.88. The summed E-state index contributed by atoms with van der Waals surface area (Å²) in [6, 6.07) is 11.5. The van der Waals surface area contributed by atoms with Crippen molar-refractivity contribution in [2.24, 2.45) is 0 Å². The van der Waals surface area contributed by atoms with Crippen molar-refractivity contribution in [3.8, 4) is 16.9 Å². The van der Waals surface area contributed by atoms with Crippen LogP contribution in [0.5, 0.6) is 5.75 Å². The number of benzene rings is 2. The molecule has 1 aromatic heterocycles. The average Bonchev–Trinajstić information content (AvgIpc) is 3.24. The van der Waals surface area contributed by atoms with Crippen LogP contribution in [0.25, 0.3) is 22.0 Å². The van der Waals surface area contributed by atoms with Crippen molar-refractivity contribution in [2.45, 2.75) is 45.7 Å². The lowest BCUT2D eigenvalue weighted by atomic mass is 9.94. The normalized spacial score (nSPS) is 15.7. The Hall–Kier alpha value is -2.26. The number of hydrogen-bond donors (Lipinski definition) is 1. The molecule has 2 aliphatic heterocycles. The van der Waals surface area contributed by atoms with E-state index in [2.05, 4.69) is 54.1 Å². The number of nitrogens with one attached hydrogen (secondary N) is 1. The van der Waals surface area contributed by atoms with Gasteiger partial charge in [0.15, 0.2) is 0 Å². The summed E-state index contributed by atoms with van der Waals surface area (Å²) < 4.78 is 8.34. The van der Waals surface area contributed by atoms with Crippen molar-refractivity contribution in [1.29, 1.82) is 0 Å². The van der Waals surface area contributed by atoms with Crippen LogP contribution in [0.4, 0.5) is 0 Å². The zero-order valence-electron chi connectivity index (χ0n) is 15.9. The first-order chi connectivity index (χ1) is 12.7. The monoisotopic (exact) mass is 346 g/mol. The van der Waals surface area contributed by atoms with Gasteiger partial charge in [0.1, 0.15) is 5.75 Å². The van der Waals surface area contributed by atoms with Crippen LogP contribution in [0.3, 0.4) is 0 Å². The second-order valence-corrected chi connectivity index (χ2v) is 7.90. The predicted octanol–water partition coefficient (Wildman–Crippen LogP) is 4.64. The highest BCUT2D eigenvalue weighted by Gasteiger charge is 2.26. The first-order valence-corrected chi connectivity index (χ1v) is 9.73. The second-order valence-electron chi connectivity index (χ2n) is 7.90. The van der Waals surface area contributed by atoms with E-state index in [1.165, 1.54) is 38.7 Å². The zero-order chi connectivity index (χ0) is 17.8. The van der Waals surface area contributed by atoms with Gasteiger partial charge in [-0.05, 0) is 52.8 Å². The van der Waals surface area contributed by atoms with Gasteiger partial charge in [-0.3, -0.25) is 0 Å². The van der Waals surface area contributed by atoms with E-state index in [4.69, 9.17) is 4.74 Å². The molecule has 134 valence electrons. The zero-order valence-corrected chi connectivity index (χ0v) is 15.9. The fourth-order valence-corrected chi connectivity index (χ4v) is 4.73. The Morgan fingerprint density at radius 1 is 1.12 bits per heavy atom. The third-order valence-electron chi connectivity index (χ3n) is 6.11. The molecular weight excluding hydrogens is 320 g/mol. The molecule has 0 atom stereocenters. The lowest BCUT2D eigenvalue weighted by Gasteiger charge is -2.16. The van der Waals surface area contributed by atoms with Crippen molar-refractivity contribution in [3.63, 3.8) is 0 Å². The van der Waals surface area contributed by atoms with Gasteiger partial charge < -0.3 is 14.6 Å². The van der Waals surface area contributed by atoms with Crippen LogP contribution in [0, 0.1) is 0 Å². The van der Waals surface area contributed by atoms with E-state index in [1.54, 1.807) is 12.8 Å². The molecule has 2 aromatic carbocycles. The summed E-state index contributed by atoms with van der Waals surface area (Å²) in [6.07, 6.45) is 2.29. The topological polar surface area (TPSA) is 26.2 Å². The van der Waals surface area contributed by atoms with Crippen molar-refractivity contribution in [1.82, 2.24) is 9.88 Å². The van der Waals surface area contributed by atoms with E-state index < -0.39 is 0 Å². The fraction of sp³-hybridized carbons (Fsp3) is 0.391. The highest BCUT2D eigenvalue weighted by Crippen LogP contribution is 2.41. The lowest BCUT2D eigenvalue weighted by molar-refractivity contribution is 0.415. The summed E-state index contributed by atoms with van der Waals surface area (Å²) in [5.74, 6) is 1.48. The predicted molar refractivity (Wildman–Crippen MR) is 107 cm³/mol. The van der Waals surface area contributed by atoms with E-state index in [0.717, 1.165) is 38.2 Å². The Morgan fingerprint density at radius 3 is 2.81 bits per heavy atom. The molecule has 0 amide bonds. The smallest absolute Gasteiger partial charge is 0.126 e. The molecule has 2 aliphatic rings. The summed E-state index contributed by atoms with van der Waals surface area (Å²) in [6.45, 7) is 7.67. The molecule has 3 heterocycles. The minimum Gasteiger partial charge on any atom is -0.496 e. The largest absolute Gasteiger partial charge is 0.496 e. The molecule has 3 heteroatoms. The number of aromatic nitrogens is 1. The SMILES string of the molecule is COc1cc(C(C)C)ccc1-c1cc2c3c(c1)c1c(n3CC2)CCNC1. The quantitative estimate of drug-likeness (QED) is 0.747. The Kier molecular flexibility index (Phi) is 3.61. The van der Waals surface area contributed by atoms with E-state index in [1.807, 2.05) is 0 Å². The van der Waals surface area contributed by atoms with Crippen molar-refractivity contribution >= 4 is 10.9 Å². The molecule has 0 spiro atoms. The van der Waals surface area contributed by atoms with Gasteiger partial charge in [0.2, 0.25) is 0 Å². The van der Waals surface area contributed by atoms with Gasteiger partial charge in [-0.15, -0.1) is 0 Å². The maximum absolute atomic E-state index is 5.77. The van der Waals surface area contributed by atoms with Gasteiger partial charge in [0.05, 0.1) is 12.6 Å². The molecular formula is C23H26N2O. The molecule has 5 rings (SSSR count). The number of fused-ring (bicyclic) bond motifs is 3. The Balaban J connectivity index is 1.72. The van der Waals surface area contributed by atoms with Crippen LogP contribution in [-0.4, -0.2) is 18.2 Å². The first-order valence-electron chi connectivity index (χ1n) is 9.73. The summed E-state index contributed by atoms with van der Waals surface area (Å²) in [7, 11) is 1.78. The molecule has 3 aromatic rings. The molecule has 0 radical (unpaired) electrons. The van der Waals surface area contributed by atoms with Gasteiger partial charge in [-0.2, -0.15) is 0 Å². The minimum atomic E-state index is 0.505. The third-order valence-corrected chi connectivity index (χ3v) is 6.11. The molecule has 0 saturated carbocycles. The molecule has 0 aliphatic carbocycles. The summed E-state index contributed by atoms with van der Waals surface area (Å²) >= 11 is 0. The third kappa shape index (κ3) is 2.23.